The van der Waals surface area contributed by atoms with Crippen molar-refractivity contribution in [1.29, 1.82) is 0 Å². The molecule has 10 heteroatoms. The van der Waals surface area contributed by atoms with E-state index in [0.29, 0.717) is 0 Å². The van der Waals surface area contributed by atoms with E-state index in [-0.39, 0.29) is 6.42 Å². The Kier molecular flexibility index (Phi) is 7.55. The maximum atomic E-state index is 12.9. The summed E-state index contributed by atoms with van der Waals surface area (Å²) in [6.45, 7) is 9.07. The largest absolute Gasteiger partial charge is 0.481 e. The zero-order valence-electron chi connectivity index (χ0n) is 16.6. The molecule has 0 amide bonds. The molecular formula is C17H30N2O8. The standard InChI is InChI=1S/C17H30N2O8/c1-14(2,3)26-12(24)16(9-7-8-10(20)21,17(18,19)11(22)23)13(25)27-15(4,5)6/h7-9,18-19H2,1-6H3,(H,20,21)(H,22,23). The topological polar surface area (TPSA) is 179 Å². The smallest absolute Gasteiger partial charge is 0.340 e. The van der Waals surface area contributed by atoms with Crippen LogP contribution in [0.4, 0.5) is 0 Å². The van der Waals surface area contributed by atoms with Crippen LogP contribution < -0.4 is 11.5 Å². The molecule has 0 atom stereocenters. The van der Waals surface area contributed by atoms with Gasteiger partial charge in [0, 0.05) is 6.42 Å². The number of carboxylic acid groups (broad SMARTS) is 2. The van der Waals surface area contributed by atoms with Gasteiger partial charge >= 0.3 is 23.9 Å². The van der Waals surface area contributed by atoms with Gasteiger partial charge in [0.15, 0.2) is 5.66 Å². The Labute approximate surface area is 158 Å². The van der Waals surface area contributed by atoms with E-state index >= 15 is 0 Å². The summed E-state index contributed by atoms with van der Waals surface area (Å²) in [5.41, 5.74) is 3.73. The van der Waals surface area contributed by atoms with Crippen LogP contribution in [-0.4, -0.2) is 51.0 Å². The van der Waals surface area contributed by atoms with Gasteiger partial charge < -0.3 is 31.2 Å². The van der Waals surface area contributed by atoms with Gasteiger partial charge in [-0.1, -0.05) is 0 Å². The quantitative estimate of drug-likeness (QED) is 0.260. The molecule has 0 aliphatic rings. The molecular weight excluding hydrogens is 360 g/mol. The summed E-state index contributed by atoms with van der Waals surface area (Å²) in [6.07, 6.45) is -1.28. The molecule has 0 radical (unpaired) electrons. The minimum atomic E-state index is -2.89. The molecule has 0 aliphatic carbocycles. The van der Waals surface area contributed by atoms with Gasteiger partial charge in [0.1, 0.15) is 11.2 Å². The van der Waals surface area contributed by atoms with Crippen molar-refractivity contribution < 1.29 is 38.9 Å². The summed E-state index contributed by atoms with van der Waals surface area (Å²) in [4.78, 5) is 48.5. The Hall–Kier alpha value is -2.20. The second-order valence-electron chi connectivity index (χ2n) is 8.33. The molecule has 0 aromatic heterocycles. The fraction of sp³-hybridized carbons (Fsp3) is 0.765. The van der Waals surface area contributed by atoms with Crippen LogP contribution in [0.25, 0.3) is 0 Å². The highest BCUT2D eigenvalue weighted by Crippen LogP contribution is 2.38. The van der Waals surface area contributed by atoms with Crippen LogP contribution in [0.5, 0.6) is 0 Å². The highest BCUT2D eigenvalue weighted by molar-refractivity contribution is 6.07. The first-order chi connectivity index (χ1) is 11.9. The van der Waals surface area contributed by atoms with E-state index in [1.54, 1.807) is 0 Å². The SMILES string of the molecule is CC(C)(C)OC(=O)C(CCCC(=O)O)(C(=O)OC(C)(C)C)C(N)(N)C(=O)O. The highest BCUT2D eigenvalue weighted by Gasteiger charge is 2.65. The van der Waals surface area contributed by atoms with E-state index in [1.165, 1.54) is 41.5 Å². The maximum absolute atomic E-state index is 12.9. The van der Waals surface area contributed by atoms with E-state index in [0.717, 1.165) is 0 Å². The molecule has 0 saturated carbocycles. The monoisotopic (exact) mass is 390 g/mol. The minimum absolute atomic E-state index is 0.253. The summed E-state index contributed by atoms with van der Waals surface area (Å²) in [5.74, 6) is -5.62. The first kappa shape index (κ1) is 24.8. The fourth-order valence-corrected chi connectivity index (χ4v) is 2.25. The molecule has 0 aliphatic heterocycles. The summed E-state index contributed by atoms with van der Waals surface area (Å²) >= 11 is 0. The van der Waals surface area contributed by atoms with Crippen LogP contribution in [0.1, 0.15) is 60.8 Å². The van der Waals surface area contributed by atoms with Gasteiger partial charge in [-0.05, 0) is 54.4 Å². The Morgan fingerprint density at radius 3 is 1.44 bits per heavy atom. The van der Waals surface area contributed by atoms with Crippen molar-refractivity contribution >= 4 is 23.9 Å². The van der Waals surface area contributed by atoms with E-state index in [2.05, 4.69) is 0 Å². The minimum Gasteiger partial charge on any atom is -0.481 e. The Morgan fingerprint density at radius 2 is 1.19 bits per heavy atom. The third kappa shape index (κ3) is 6.47. The van der Waals surface area contributed by atoms with Crippen molar-refractivity contribution in [1.82, 2.24) is 0 Å². The van der Waals surface area contributed by atoms with Gasteiger partial charge in [0.05, 0.1) is 0 Å². The van der Waals surface area contributed by atoms with Crippen molar-refractivity contribution in [2.45, 2.75) is 77.7 Å². The fourth-order valence-electron chi connectivity index (χ4n) is 2.25. The van der Waals surface area contributed by atoms with Gasteiger partial charge in [-0.15, -0.1) is 0 Å². The van der Waals surface area contributed by atoms with E-state index in [4.69, 9.17) is 26.0 Å². The summed E-state index contributed by atoms with van der Waals surface area (Å²) in [7, 11) is 0. The molecule has 27 heavy (non-hydrogen) atoms. The number of nitrogens with two attached hydrogens (primary N) is 2. The summed E-state index contributed by atoms with van der Waals surface area (Å²) in [5, 5.41) is 18.4. The van der Waals surface area contributed by atoms with E-state index in [1.807, 2.05) is 0 Å². The number of aliphatic carboxylic acids is 2. The lowest BCUT2D eigenvalue weighted by Gasteiger charge is -2.41. The predicted octanol–water partition coefficient (Wildman–Crippen LogP) is 0.609. The Balaban J connectivity index is 6.43. The normalized spacial score (nSPS) is 13.0. The molecule has 0 spiro atoms. The number of carbonyl (C=O) groups excluding carboxylic acids is 2. The average Bonchev–Trinajstić information content (AvgIpc) is 2.38. The molecule has 0 heterocycles. The predicted molar refractivity (Wildman–Crippen MR) is 94.4 cm³/mol. The van der Waals surface area contributed by atoms with E-state index < -0.39 is 59.0 Å². The molecule has 0 aromatic rings. The van der Waals surface area contributed by atoms with Gasteiger partial charge in [-0.2, -0.15) is 0 Å². The van der Waals surface area contributed by atoms with Crippen LogP contribution in [0.15, 0.2) is 0 Å². The molecule has 0 saturated heterocycles. The van der Waals surface area contributed by atoms with Gasteiger partial charge in [0.2, 0.25) is 5.41 Å². The number of rotatable bonds is 8. The van der Waals surface area contributed by atoms with Crippen LogP contribution >= 0.6 is 0 Å². The number of carboxylic acids is 2. The lowest BCUT2D eigenvalue weighted by molar-refractivity contribution is -0.196. The first-order valence-electron chi connectivity index (χ1n) is 8.36. The van der Waals surface area contributed by atoms with Crippen LogP contribution in [-0.2, 0) is 28.7 Å². The van der Waals surface area contributed by atoms with Crippen LogP contribution in [0, 0.1) is 5.41 Å². The second-order valence-corrected chi connectivity index (χ2v) is 8.33. The van der Waals surface area contributed by atoms with Crippen molar-refractivity contribution in [3.05, 3.63) is 0 Å². The molecule has 0 unspecified atom stereocenters. The molecule has 156 valence electrons. The highest BCUT2D eigenvalue weighted by atomic mass is 16.6. The zero-order chi connectivity index (χ0) is 21.8. The maximum Gasteiger partial charge on any atom is 0.340 e. The third-order valence-electron chi connectivity index (χ3n) is 3.50. The van der Waals surface area contributed by atoms with Gasteiger partial charge in [-0.3, -0.25) is 14.4 Å². The van der Waals surface area contributed by atoms with Crippen LogP contribution in [0.3, 0.4) is 0 Å². The summed E-state index contributed by atoms with van der Waals surface area (Å²) in [6, 6.07) is 0. The van der Waals surface area contributed by atoms with Crippen molar-refractivity contribution in [3.63, 3.8) is 0 Å². The lowest BCUT2D eigenvalue weighted by atomic mass is 9.71. The van der Waals surface area contributed by atoms with Crippen LogP contribution in [0.2, 0.25) is 0 Å². The molecule has 0 bridgehead atoms. The summed E-state index contributed by atoms with van der Waals surface area (Å²) < 4.78 is 10.4. The first-order valence-corrected chi connectivity index (χ1v) is 8.36. The zero-order valence-corrected chi connectivity index (χ0v) is 16.6. The Morgan fingerprint density at radius 1 is 0.815 bits per heavy atom. The number of esters is 2. The number of carbonyl (C=O) groups is 4. The lowest BCUT2D eigenvalue weighted by Crippen LogP contribution is -2.74. The van der Waals surface area contributed by atoms with Gasteiger partial charge in [0.25, 0.3) is 0 Å². The second kappa shape index (κ2) is 8.22. The van der Waals surface area contributed by atoms with E-state index in [9.17, 15) is 24.3 Å². The molecule has 0 fully saturated rings. The molecule has 0 rings (SSSR count). The number of hydrogen-bond donors (Lipinski definition) is 4. The average molecular weight is 390 g/mol. The number of hydrogen-bond acceptors (Lipinski definition) is 8. The molecule has 6 N–H and O–H groups in total. The van der Waals surface area contributed by atoms with Crippen molar-refractivity contribution in [2.24, 2.45) is 16.9 Å². The molecule has 10 nitrogen and oxygen atoms in total. The van der Waals surface area contributed by atoms with Gasteiger partial charge in [-0.25, -0.2) is 4.79 Å². The molecule has 0 aromatic carbocycles. The van der Waals surface area contributed by atoms with Crippen molar-refractivity contribution in [2.75, 3.05) is 0 Å². The Bertz CT molecular complexity index is 571. The third-order valence-corrected chi connectivity index (χ3v) is 3.50. The van der Waals surface area contributed by atoms with Crippen molar-refractivity contribution in [3.8, 4) is 0 Å². The number of ether oxygens (including phenoxy) is 2.